The third-order valence-corrected chi connectivity index (χ3v) is 15.4. The van der Waals surface area contributed by atoms with Crippen LogP contribution in [0.2, 0.25) is 0 Å². The number of rotatable bonds is 2. The Hall–Kier alpha value is -0.320. The highest BCUT2D eigenvalue weighted by Gasteiger charge is 2.24. The molecule has 4 aliphatic heterocycles. The van der Waals surface area contributed by atoms with Gasteiger partial charge in [-0.25, -0.2) is 0 Å². The van der Waals surface area contributed by atoms with Crippen LogP contribution < -0.4 is 0 Å². The van der Waals surface area contributed by atoms with Crippen molar-refractivity contribution in [3.05, 3.63) is 118 Å². The Morgan fingerprint density at radius 1 is 0.438 bits per heavy atom. The van der Waals surface area contributed by atoms with Crippen LogP contribution in [-0.4, -0.2) is 0 Å². The van der Waals surface area contributed by atoms with Crippen LogP contribution in [0.3, 0.4) is 0 Å². The summed E-state index contributed by atoms with van der Waals surface area (Å²) in [5.74, 6) is 0. The topological polar surface area (TPSA) is 0 Å². The molecular formula is C24H12S8. The molecule has 0 unspecified atom stereocenters. The zero-order valence-electron chi connectivity index (χ0n) is 16.2. The summed E-state index contributed by atoms with van der Waals surface area (Å²) in [6.45, 7) is 0. The molecule has 0 N–H and O–H groups in total. The van der Waals surface area contributed by atoms with Crippen molar-refractivity contribution in [3.8, 4) is 0 Å². The van der Waals surface area contributed by atoms with E-state index in [4.69, 9.17) is 0 Å². The second-order valence-corrected chi connectivity index (χ2v) is 15.6. The van der Waals surface area contributed by atoms with E-state index in [2.05, 4.69) is 68.8 Å². The Morgan fingerprint density at radius 2 is 0.875 bits per heavy atom. The first-order chi connectivity index (χ1) is 15.9. The molecule has 156 valence electrons. The van der Waals surface area contributed by atoms with E-state index >= 15 is 0 Å². The fourth-order valence-electron chi connectivity index (χ4n) is 3.97. The average Bonchev–Trinajstić information content (AvgIpc) is 3.63. The first-order valence-corrected chi connectivity index (χ1v) is 16.6. The van der Waals surface area contributed by atoms with Gasteiger partial charge in [0.2, 0.25) is 0 Å². The zero-order valence-corrected chi connectivity index (χ0v) is 22.7. The molecule has 0 saturated carbocycles. The van der Waals surface area contributed by atoms with Crippen molar-refractivity contribution in [1.82, 2.24) is 0 Å². The number of hydrogen-bond acceptors (Lipinski definition) is 8. The van der Waals surface area contributed by atoms with Crippen LogP contribution in [0.1, 0.15) is 11.1 Å². The molecule has 0 saturated heterocycles. The SMILES string of the molecule is C1=CSC(=C2SC=C(c3cccc4c3=c3c(C5=CSC(=C6SC=CS6)S5)cccc3=4)S2)S1. The molecule has 0 aromatic heterocycles. The zero-order chi connectivity index (χ0) is 21.1. The highest BCUT2D eigenvalue weighted by molar-refractivity contribution is 8.35. The number of hydrogen-bond donors (Lipinski definition) is 0. The summed E-state index contributed by atoms with van der Waals surface area (Å²) >= 11 is 14.9. The van der Waals surface area contributed by atoms with Crippen molar-refractivity contribution < 1.29 is 0 Å². The Morgan fingerprint density at radius 3 is 1.31 bits per heavy atom. The van der Waals surface area contributed by atoms with E-state index in [1.807, 2.05) is 94.1 Å². The molecule has 7 rings (SSSR count). The molecule has 2 aromatic carbocycles. The quantitative estimate of drug-likeness (QED) is 0.302. The standard InChI is InChI=1S/C24H12S8/c1-3-13-14-4-2-6-16(18-12-30-24(32-18)22-27-9-10-28-22)20(14)19(13)15(5-1)17-11-29-23(31-17)21-25-7-8-26-21/h1-12H. The fourth-order valence-corrected chi connectivity index (χ4v) is 13.0. The summed E-state index contributed by atoms with van der Waals surface area (Å²) in [7, 11) is 0. The molecule has 0 nitrogen and oxygen atoms in total. The van der Waals surface area contributed by atoms with Crippen LogP contribution in [0.5, 0.6) is 0 Å². The Balaban J connectivity index is 1.33. The summed E-state index contributed by atoms with van der Waals surface area (Å²) in [6, 6.07) is 13.6. The molecule has 0 fully saturated rings. The lowest BCUT2D eigenvalue weighted by Crippen LogP contribution is -1.99. The predicted octanol–water partition coefficient (Wildman–Crippen LogP) is 10.3. The van der Waals surface area contributed by atoms with Crippen LogP contribution in [0, 0.1) is 20.9 Å². The van der Waals surface area contributed by atoms with Crippen LogP contribution in [0.25, 0.3) is 9.81 Å². The number of fused-ring (bicyclic) bond motifs is 2. The molecule has 0 atom stereocenters. The minimum Gasteiger partial charge on any atom is -0.0884 e. The van der Waals surface area contributed by atoms with Gasteiger partial charge in [0.1, 0.15) is 0 Å². The minimum absolute atomic E-state index is 1.37. The molecule has 1 aliphatic carbocycles. The van der Waals surface area contributed by atoms with E-state index in [-0.39, 0.29) is 0 Å². The first-order valence-electron chi connectivity index (χ1n) is 9.69. The van der Waals surface area contributed by atoms with E-state index in [1.165, 1.54) is 58.8 Å². The largest absolute Gasteiger partial charge is 0.0884 e. The van der Waals surface area contributed by atoms with E-state index in [0.717, 1.165) is 0 Å². The van der Waals surface area contributed by atoms with E-state index in [9.17, 15) is 0 Å². The Kier molecular flexibility index (Phi) is 5.72. The van der Waals surface area contributed by atoms with E-state index in [1.54, 1.807) is 0 Å². The summed E-state index contributed by atoms with van der Waals surface area (Å²) in [4.78, 5) is 2.75. The number of benzene rings is 2. The molecule has 4 heterocycles. The van der Waals surface area contributed by atoms with Gasteiger partial charge >= 0.3 is 0 Å². The lowest BCUT2D eigenvalue weighted by Gasteiger charge is -2.14. The molecule has 0 bridgehead atoms. The predicted molar refractivity (Wildman–Crippen MR) is 157 cm³/mol. The maximum absolute atomic E-state index is 2.34. The molecule has 0 spiro atoms. The van der Waals surface area contributed by atoms with Crippen LogP contribution >= 0.6 is 94.1 Å². The molecule has 0 radical (unpaired) electrons. The van der Waals surface area contributed by atoms with Gasteiger partial charge in [0.25, 0.3) is 0 Å². The summed E-state index contributed by atoms with van der Waals surface area (Å²) in [6.07, 6.45) is 0. The van der Waals surface area contributed by atoms with Crippen molar-refractivity contribution in [2.24, 2.45) is 0 Å². The Bertz CT molecular complexity index is 1430. The smallest absolute Gasteiger partial charge is 0.0700 e. The van der Waals surface area contributed by atoms with Crippen molar-refractivity contribution in [2.45, 2.75) is 0 Å². The maximum atomic E-state index is 2.34. The molecule has 5 aliphatic rings. The van der Waals surface area contributed by atoms with E-state index < -0.39 is 0 Å². The van der Waals surface area contributed by atoms with Crippen LogP contribution in [-0.2, 0) is 0 Å². The van der Waals surface area contributed by atoms with Gasteiger partial charge in [-0.15, -0.1) is 0 Å². The summed E-state index contributed by atoms with van der Waals surface area (Å²) < 4.78 is 5.63. The van der Waals surface area contributed by atoms with Gasteiger partial charge in [0.15, 0.2) is 0 Å². The van der Waals surface area contributed by atoms with Crippen LogP contribution in [0.15, 0.2) is 85.8 Å². The fraction of sp³-hybridized carbons (Fsp3) is 0. The maximum Gasteiger partial charge on any atom is 0.0700 e. The highest BCUT2D eigenvalue weighted by atomic mass is 32.2. The average molecular weight is 557 g/mol. The number of thioether (sulfide) groups is 8. The van der Waals surface area contributed by atoms with E-state index in [0.29, 0.717) is 0 Å². The third-order valence-electron chi connectivity index (χ3n) is 5.30. The molecule has 0 amide bonds. The second kappa shape index (κ2) is 8.72. The molecule has 8 heteroatoms. The van der Waals surface area contributed by atoms with Crippen molar-refractivity contribution in [2.75, 3.05) is 0 Å². The van der Waals surface area contributed by atoms with Crippen molar-refractivity contribution in [3.63, 3.8) is 0 Å². The van der Waals surface area contributed by atoms with Gasteiger partial charge in [-0.2, -0.15) is 0 Å². The van der Waals surface area contributed by atoms with Gasteiger partial charge in [-0.1, -0.05) is 130 Å². The van der Waals surface area contributed by atoms with Crippen molar-refractivity contribution in [1.29, 1.82) is 0 Å². The third kappa shape index (κ3) is 3.49. The summed E-state index contributed by atoms with van der Waals surface area (Å²) in [5, 5.41) is 19.0. The lowest BCUT2D eigenvalue weighted by molar-refractivity contribution is 1.26. The Labute approximate surface area is 219 Å². The van der Waals surface area contributed by atoms with Crippen molar-refractivity contribution >= 4 is 104 Å². The first kappa shape index (κ1) is 21.0. The van der Waals surface area contributed by atoms with Gasteiger partial charge in [0, 0.05) is 9.81 Å². The normalized spacial score (nSPS) is 20.6. The molecular weight excluding hydrogens is 545 g/mol. The highest BCUT2D eigenvalue weighted by Crippen LogP contribution is 2.57. The second-order valence-electron chi connectivity index (χ2n) is 7.03. The summed E-state index contributed by atoms with van der Waals surface area (Å²) in [5.41, 5.74) is 2.75. The van der Waals surface area contributed by atoms with Gasteiger partial charge < -0.3 is 0 Å². The van der Waals surface area contributed by atoms with Gasteiger partial charge in [-0.3, -0.25) is 0 Å². The van der Waals surface area contributed by atoms with Crippen LogP contribution in [0.4, 0.5) is 0 Å². The molecule has 32 heavy (non-hydrogen) atoms. The van der Waals surface area contributed by atoms with Gasteiger partial charge in [0.05, 0.1) is 16.9 Å². The lowest BCUT2D eigenvalue weighted by atomic mass is 9.94. The monoisotopic (exact) mass is 556 g/mol. The minimum atomic E-state index is 1.37. The molecule has 2 aromatic rings. The van der Waals surface area contributed by atoms with Gasteiger partial charge in [-0.05, 0) is 64.4 Å².